The Labute approximate surface area is 182 Å². The van der Waals surface area contributed by atoms with Gasteiger partial charge in [-0.2, -0.15) is 4.98 Å². The zero-order valence-electron chi connectivity index (χ0n) is 16.8. The highest BCUT2D eigenvalue weighted by Crippen LogP contribution is 2.34. The predicted octanol–water partition coefficient (Wildman–Crippen LogP) is 3.22. The predicted molar refractivity (Wildman–Crippen MR) is 115 cm³/mol. The summed E-state index contributed by atoms with van der Waals surface area (Å²) in [6.45, 7) is 0.557. The number of nitrogens with one attached hydrogen (secondary N) is 1. The summed E-state index contributed by atoms with van der Waals surface area (Å²) in [5, 5.41) is 3.51. The second kappa shape index (κ2) is 8.50. The number of hydrogen-bond acceptors (Lipinski definition) is 7. The number of hydrogen-bond donors (Lipinski definition) is 1. The normalized spacial score (nSPS) is 14.3. The van der Waals surface area contributed by atoms with E-state index in [1.807, 2.05) is 12.1 Å². The Hall–Kier alpha value is -3.20. The number of benzene rings is 1. The largest absolute Gasteiger partial charge is 0.467 e. The van der Waals surface area contributed by atoms with Crippen molar-refractivity contribution in [3.63, 3.8) is 0 Å². The van der Waals surface area contributed by atoms with Gasteiger partial charge in [0.25, 0.3) is 0 Å². The minimum Gasteiger partial charge on any atom is -0.467 e. The van der Waals surface area contributed by atoms with Crippen molar-refractivity contribution in [3.05, 3.63) is 64.1 Å². The van der Waals surface area contributed by atoms with Crippen molar-refractivity contribution >= 4 is 23.4 Å². The Bertz CT molecular complexity index is 1170. The molecule has 3 aromatic rings. The summed E-state index contributed by atoms with van der Waals surface area (Å²) in [4.78, 5) is 29.5. The van der Waals surface area contributed by atoms with E-state index in [0.29, 0.717) is 28.8 Å². The number of carbonyl (C=O) groups is 1. The summed E-state index contributed by atoms with van der Waals surface area (Å²) >= 11 is 1.30. The molecule has 1 N–H and O–H groups in total. The second-order valence-corrected chi connectivity index (χ2v) is 8.37. The molecule has 0 fully saturated rings. The van der Waals surface area contributed by atoms with Gasteiger partial charge in [-0.25, -0.2) is 4.79 Å². The summed E-state index contributed by atoms with van der Waals surface area (Å²) in [6.07, 6.45) is 5.36. The third-order valence-electron chi connectivity index (χ3n) is 5.34. The molecular formula is C22H21N3O5S. The smallest absolute Gasteiger partial charge is 0.349 e. The fourth-order valence-electron chi connectivity index (χ4n) is 3.89. The molecular weight excluding hydrogens is 418 g/mol. The number of nitrogens with zero attached hydrogens (tertiary/aromatic N) is 2. The van der Waals surface area contributed by atoms with Crippen molar-refractivity contribution in [2.24, 2.45) is 0 Å². The number of amides is 1. The van der Waals surface area contributed by atoms with Gasteiger partial charge in [0.05, 0.1) is 18.6 Å². The first-order chi connectivity index (χ1) is 15.2. The molecule has 2 aromatic heterocycles. The van der Waals surface area contributed by atoms with Crippen molar-refractivity contribution in [1.29, 1.82) is 0 Å². The standard InChI is InChI=1S/C22H21N3O5S/c26-20(23-14-7-8-18-19(10-14)30-13-29-18)12-31-21-16-5-1-2-6-17(16)25(22(27)24-21)11-15-4-3-9-28-15/h3-4,7-10H,1-2,5-6,11-13H2,(H,23,26). The van der Waals surface area contributed by atoms with Gasteiger partial charge in [-0.05, 0) is 49.9 Å². The fraction of sp³-hybridized carbons (Fsp3) is 0.318. The van der Waals surface area contributed by atoms with E-state index in [0.717, 1.165) is 42.7 Å². The Kier molecular flexibility index (Phi) is 5.42. The van der Waals surface area contributed by atoms with Crippen LogP contribution in [0.4, 0.5) is 5.69 Å². The molecule has 0 radical (unpaired) electrons. The molecule has 1 aromatic carbocycles. The summed E-state index contributed by atoms with van der Waals surface area (Å²) < 4.78 is 17.7. The Morgan fingerprint density at radius 2 is 2.03 bits per heavy atom. The number of thioether (sulfide) groups is 1. The molecule has 2 aliphatic rings. The van der Waals surface area contributed by atoms with Gasteiger partial charge in [0.15, 0.2) is 11.5 Å². The number of aromatic nitrogens is 2. The maximum absolute atomic E-state index is 12.8. The minimum atomic E-state index is -0.310. The van der Waals surface area contributed by atoms with E-state index in [2.05, 4.69) is 10.3 Å². The zero-order valence-corrected chi connectivity index (χ0v) is 17.6. The first-order valence-electron chi connectivity index (χ1n) is 10.1. The Morgan fingerprint density at radius 1 is 1.16 bits per heavy atom. The number of rotatable bonds is 6. The van der Waals surface area contributed by atoms with Gasteiger partial charge >= 0.3 is 5.69 Å². The summed E-state index contributed by atoms with van der Waals surface area (Å²) in [6, 6.07) is 8.93. The van der Waals surface area contributed by atoms with Gasteiger partial charge in [0.1, 0.15) is 10.8 Å². The highest BCUT2D eigenvalue weighted by Gasteiger charge is 2.22. The fourth-order valence-corrected chi connectivity index (χ4v) is 4.77. The van der Waals surface area contributed by atoms with E-state index >= 15 is 0 Å². The third-order valence-corrected chi connectivity index (χ3v) is 6.36. The van der Waals surface area contributed by atoms with Crippen LogP contribution in [0.2, 0.25) is 0 Å². The topological polar surface area (TPSA) is 95.6 Å². The highest BCUT2D eigenvalue weighted by atomic mass is 32.2. The van der Waals surface area contributed by atoms with E-state index in [1.165, 1.54) is 11.8 Å². The van der Waals surface area contributed by atoms with Crippen LogP contribution in [0, 0.1) is 0 Å². The van der Waals surface area contributed by atoms with Crippen LogP contribution in [-0.2, 0) is 24.2 Å². The van der Waals surface area contributed by atoms with Gasteiger partial charge in [-0.15, -0.1) is 0 Å². The maximum atomic E-state index is 12.8. The van der Waals surface area contributed by atoms with Crippen LogP contribution in [0.5, 0.6) is 11.5 Å². The van der Waals surface area contributed by atoms with E-state index in [-0.39, 0.29) is 24.1 Å². The van der Waals surface area contributed by atoms with Crippen LogP contribution in [0.3, 0.4) is 0 Å². The molecule has 9 heteroatoms. The Morgan fingerprint density at radius 3 is 2.90 bits per heavy atom. The van der Waals surface area contributed by atoms with Crippen molar-refractivity contribution in [2.45, 2.75) is 37.3 Å². The molecule has 0 unspecified atom stereocenters. The molecule has 3 heterocycles. The van der Waals surface area contributed by atoms with Crippen LogP contribution in [-0.4, -0.2) is 28.0 Å². The molecule has 5 rings (SSSR count). The average molecular weight is 439 g/mol. The summed E-state index contributed by atoms with van der Waals surface area (Å²) in [7, 11) is 0. The summed E-state index contributed by atoms with van der Waals surface area (Å²) in [5.74, 6) is 1.99. The van der Waals surface area contributed by atoms with Gasteiger partial charge in [-0.3, -0.25) is 9.36 Å². The number of ether oxygens (including phenoxy) is 2. The molecule has 0 atom stereocenters. The lowest BCUT2D eigenvalue weighted by Crippen LogP contribution is -2.30. The average Bonchev–Trinajstić information content (AvgIpc) is 3.46. The molecule has 160 valence electrons. The minimum absolute atomic E-state index is 0.162. The van der Waals surface area contributed by atoms with Gasteiger partial charge in [-0.1, -0.05) is 11.8 Å². The number of carbonyl (C=O) groups excluding carboxylic acids is 1. The van der Waals surface area contributed by atoms with E-state index < -0.39 is 0 Å². The molecule has 0 spiro atoms. The molecule has 1 aliphatic carbocycles. The third kappa shape index (κ3) is 4.18. The lowest BCUT2D eigenvalue weighted by atomic mass is 9.97. The van der Waals surface area contributed by atoms with Crippen molar-refractivity contribution in [1.82, 2.24) is 9.55 Å². The van der Waals surface area contributed by atoms with Gasteiger partial charge < -0.3 is 19.2 Å². The van der Waals surface area contributed by atoms with Gasteiger partial charge in [0, 0.05) is 23.0 Å². The molecule has 1 amide bonds. The SMILES string of the molecule is O=C(CSc1nc(=O)n(Cc2ccco2)c2c1CCCC2)Nc1ccc2c(c1)OCO2. The maximum Gasteiger partial charge on any atom is 0.349 e. The highest BCUT2D eigenvalue weighted by molar-refractivity contribution is 8.00. The first-order valence-corrected chi connectivity index (χ1v) is 11.1. The molecule has 0 saturated heterocycles. The number of furan rings is 1. The molecule has 8 nitrogen and oxygen atoms in total. The first kappa shape index (κ1) is 19.7. The van der Waals surface area contributed by atoms with Crippen molar-refractivity contribution < 1.29 is 18.7 Å². The molecule has 31 heavy (non-hydrogen) atoms. The number of fused-ring (bicyclic) bond motifs is 2. The van der Waals surface area contributed by atoms with Gasteiger partial charge in [0.2, 0.25) is 12.7 Å². The second-order valence-electron chi connectivity index (χ2n) is 7.40. The lowest BCUT2D eigenvalue weighted by molar-refractivity contribution is -0.113. The van der Waals surface area contributed by atoms with E-state index in [4.69, 9.17) is 13.9 Å². The lowest BCUT2D eigenvalue weighted by Gasteiger charge is -2.22. The zero-order chi connectivity index (χ0) is 21.2. The monoisotopic (exact) mass is 439 g/mol. The van der Waals surface area contributed by atoms with Crippen LogP contribution in [0.25, 0.3) is 0 Å². The summed E-state index contributed by atoms with van der Waals surface area (Å²) in [5.41, 5.74) is 2.40. The number of anilines is 1. The molecule has 0 bridgehead atoms. The molecule has 1 aliphatic heterocycles. The van der Waals surface area contributed by atoms with Crippen molar-refractivity contribution in [3.8, 4) is 11.5 Å². The quantitative estimate of drug-likeness (QED) is 0.465. The van der Waals surface area contributed by atoms with E-state index in [1.54, 1.807) is 29.0 Å². The Balaban J connectivity index is 1.31. The van der Waals surface area contributed by atoms with Crippen LogP contribution < -0.4 is 20.5 Å². The van der Waals surface area contributed by atoms with E-state index in [9.17, 15) is 9.59 Å². The van der Waals surface area contributed by atoms with Crippen LogP contribution in [0.1, 0.15) is 29.9 Å². The molecule has 0 saturated carbocycles. The van der Waals surface area contributed by atoms with Crippen LogP contribution >= 0.6 is 11.8 Å². The van der Waals surface area contributed by atoms with Crippen molar-refractivity contribution in [2.75, 3.05) is 17.9 Å². The van der Waals surface area contributed by atoms with Crippen LogP contribution in [0.15, 0.2) is 50.8 Å².